The Kier molecular flexibility index (Phi) is 4.61. The summed E-state index contributed by atoms with van der Waals surface area (Å²) in [7, 11) is 0. The number of benzene rings is 2. The smallest absolute Gasteiger partial charge is 0.335 e. The Morgan fingerprint density at radius 3 is 2.37 bits per heavy atom. The van der Waals surface area contributed by atoms with Gasteiger partial charge in [-0.15, -0.1) is 0 Å². The van der Waals surface area contributed by atoms with Crippen molar-refractivity contribution >= 4 is 37.8 Å². The minimum Gasteiger partial charge on any atom is -0.488 e. The highest BCUT2D eigenvalue weighted by Crippen LogP contribution is 2.27. The van der Waals surface area contributed by atoms with E-state index in [-0.39, 0.29) is 5.56 Å². The fourth-order valence-electron chi connectivity index (χ4n) is 1.49. The third kappa shape index (κ3) is 3.81. The predicted molar refractivity (Wildman–Crippen MR) is 79.6 cm³/mol. The van der Waals surface area contributed by atoms with Crippen LogP contribution in [0.1, 0.15) is 15.9 Å². The molecule has 98 valence electrons. The Balaban J connectivity index is 2.07. The van der Waals surface area contributed by atoms with E-state index in [9.17, 15) is 4.79 Å². The molecular weight excluding hydrogens is 376 g/mol. The minimum atomic E-state index is -0.958. The van der Waals surface area contributed by atoms with Gasteiger partial charge in [0.2, 0.25) is 0 Å². The normalized spacial score (nSPS) is 10.2. The lowest BCUT2D eigenvalue weighted by Gasteiger charge is -2.09. The Morgan fingerprint density at radius 1 is 1.11 bits per heavy atom. The molecule has 0 fully saturated rings. The van der Waals surface area contributed by atoms with Crippen LogP contribution in [0.5, 0.6) is 5.75 Å². The Morgan fingerprint density at radius 2 is 1.79 bits per heavy atom. The average Bonchev–Trinajstić information content (AvgIpc) is 2.39. The number of carbonyl (C=O) groups is 1. The maximum Gasteiger partial charge on any atom is 0.335 e. The molecule has 0 bridgehead atoms. The summed E-state index contributed by atoms with van der Waals surface area (Å²) in [5.74, 6) is -0.340. The van der Waals surface area contributed by atoms with Gasteiger partial charge < -0.3 is 9.84 Å². The highest BCUT2D eigenvalue weighted by atomic mass is 79.9. The first-order chi connectivity index (χ1) is 9.06. The summed E-state index contributed by atoms with van der Waals surface area (Å²) in [5, 5.41) is 8.87. The molecule has 0 aliphatic rings. The maximum absolute atomic E-state index is 10.8. The zero-order chi connectivity index (χ0) is 13.8. The topological polar surface area (TPSA) is 46.5 Å². The molecule has 0 aliphatic carbocycles. The number of ether oxygens (including phenoxy) is 1. The molecule has 0 atom stereocenters. The van der Waals surface area contributed by atoms with E-state index in [1.807, 2.05) is 24.3 Å². The van der Waals surface area contributed by atoms with E-state index < -0.39 is 5.97 Å². The van der Waals surface area contributed by atoms with Gasteiger partial charge in [-0.1, -0.05) is 28.1 Å². The van der Waals surface area contributed by atoms with E-state index in [0.717, 1.165) is 10.0 Å². The second-order valence-electron chi connectivity index (χ2n) is 3.87. The van der Waals surface area contributed by atoms with Gasteiger partial charge in [-0.05, 0) is 51.8 Å². The van der Waals surface area contributed by atoms with Crippen LogP contribution in [-0.4, -0.2) is 11.1 Å². The zero-order valence-corrected chi connectivity index (χ0v) is 12.9. The standard InChI is InChI=1S/C14H10Br2O3/c15-11-4-1-9(2-5-11)8-19-13-6-3-10(14(17)18)7-12(13)16/h1-7H,8H2,(H,17,18). The second kappa shape index (κ2) is 6.21. The lowest BCUT2D eigenvalue weighted by atomic mass is 10.2. The van der Waals surface area contributed by atoms with Crippen molar-refractivity contribution in [2.45, 2.75) is 6.61 Å². The van der Waals surface area contributed by atoms with Gasteiger partial charge in [-0.3, -0.25) is 0 Å². The SMILES string of the molecule is O=C(O)c1ccc(OCc2ccc(Br)cc2)c(Br)c1. The fraction of sp³-hybridized carbons (Fsp3) is 0.0714. The van der Waals surface area contributed by atoms with Crippen molar-refractivity contribution in [2.24, 2.45) is 0 Å². The highest BCUT2D eigenvalue weighted by molar-refractivity contribution is 9.10. The fourth-order valence-corrected chi connectivity index (χ4v) is 2.25. The molecule has 0 saturated heterocycles. The number of carboxylic acid groups (broad SMARTS) is 1. The van der Waals surface area contributed by atoms with Crippen LogP contribution in [0.2, 0.25) is 0 Å². The molecule has 0 amide bonds. The van der Waals surface area contributed by atoms with Gasteiger partial charge in [-0.2, -0.15) is 0 Å². The van der Waals surface area contributed by atoms with Gasteiger partial charge in [0.25, 0.3) is 0 Å². The molecule has 2 aromatic carbocycles. The lowest BCUT2D eigenvalue weighted by molar-refractivity contribution is 0.0696. The Bertz CT molecular complexity index is 594. The summed E-state index contributed by atoms with van der Waals surface area (Å²) < 4.78 is 7.29. The van der Waals surface area contributed by atoms with Crippen molar-refractivity contribution in [1.29, 1.82) is 0 Å². The number of aromatic carboxylic acids is 1. The van der Waals surface area contributed by atoms with Gasteiger partial charge >= 0.3 is 5.97 Å². The van der Waals surface area contributed by atoms with E-state index >= 15 is 0 Å². The quantitative estimate of drug-likeness (QED) is 0.843. The molecular formula is C14H10Br2O3. The molecule has 19 heavy (non-hydrogen) atoms. The molecule has 5 heteroatoms. The lowest BCUT2D eigenvalue weighted by Crippen LogP contribution is -1.99. The summed E-state index contributed by atoms with van der Waals surface area (Å²) in [6.45, 7) is 0.429. The van der Waals surface area contributed by atoms with E-state index in [1.165, 1.54) is 12.1 Å². The third-order valence-corrected chi connectivity index (χ3v) is 3.63. The number of hydrogen-bond donors (Lipinski definition) is 1. The summed E-state index contributed by atoms with van der Waals surface area (Å²) >= 11 is 6.68. The highest BCUT2D eigenvalue weighted by Gasteiger charge is 2.07. The van der Waals surface area contributed by atoms with Crippen molar-refractivity contribution in [2.75, 3.05) is 0 Å². The maximum atomic E-state index is 10.8. The van der Waals surface area contributed by atoms with Crippen LogP contribution in [0, 0.1) is 0 Å². The summed E-state index contributed by atoms with van der Waals surface area (Å²) in [6, 6.07) is 12.5. The van der Waals surface area contributed by atoms with Crippen LogP contribution in [-0.2, 0) is 6.61 Å². The number of hydrogen-bond acceptors (Lipinski definition) is 2. The van der Waals surface area contributed by atoms with Crippen molar-refractivity contribution in [3.8, 4) is 5.75 Å². The molecule has 0 aromatic heterocycles. The van der Waals surface area contributed by atoms with Crippen molar-refractivity contribution in [3.63, 3.8) is 0 Å². The van der Waals surface area contributed by atoms with Crippen molar-refractivity contribution in [1.82, 2.24) is 0 Å². The van der Waals surface area contributed by atoms with Gasteiger partial charge in [-0.25, -0.2) is 4.79 Å². The van der Waals surface area contributed by atoms with Gasteiger partial charge in [0, 0.05) is 4.47 Å². The molecule has 0 aliphatic heterocycles. The number of rotatable bonds is 4. The largest absolute Gasteiger partial charge is 0.488 e. The summed E-state index contributed by atoms with van der Waals surface area (Å²) in [5.41, 5.74) is 1.26. The van der Waals surface area contributed by atoms with E-state index in [4.69, 9.17) is 9.84 Å². The summed E-state index contributed by atoms with van der Waals surface area (Å²) in [6.07, 6.45) is 0. The number of carboxylic acids is 1. The summed E-state index contributed by atoms with van der Waals surface area (Å²) in [4.78, 5) is 10.8. The van der Waals surface area contributed by atoms with Crippen LogP contribution in [0.25, 0.3) is 0 Å². The first kappa shape index (κ1) is 14.1. The van der Waals surface area contributed by atoms with E-state index in [0.29, 0.717) is 16.8 Å². The van der Waals surface area contributed by atoms with Crippen molar-refractivity contribution in [3.05, 3.63) is 62.5 Å². The van der Waals surface area contributed by atoms with Crippen LogP contribution in [0.4, 0.5) is 0 Å². The third-order valence-electron chi connectivity index (χ3n) is 2.49. The molecule has 0 saturated carbocycles. The molecule has 0 radical (unpaired) electrons. The minimum absolute atomic E-state index is 0.225. The van der Waals surface area contributed by atoms with Gasteiger partial charge in [0.15, 0.2) is 0 Å². The molecule has 0 spiro atoms. The van der Waals surface area contributed by atoms with Crippen LogP contribution in [0.3, 0.4) is 0 Å². The molecule has 2 aromatic rings. The van der Waals surface area contributed by atoms with Gasteiger partial charge in [0.1, 0.15) is 12.4 Å². The van der Waals surface area contributed by atoms with E-state index in [2.05, 4.69) is 31.9 Å². The molecule has 2 rings (SSSR count). The second-order valence-corrected chi connectivity index (χ2v) is 5.64. The average molecular weight is 386 g/mol. The number of halogens is 2. The Hall–Kier alpha value is -1.33. The molecule has 0 unspecified atom stereocenters. The zero-order valence-electron chi connectivity index (χ0n) is 9.77. The first-order valence-corrected chi connectivity index (χ1v) is 7.05. The van der Waals surface area contributed by atoms with E-state index in [1.54, 1.807) is 6.07 Å². The van der Waals surface area contributed by atoms with Crippen LogP contribution < -0.4 is 4.74 Å². The molecule has 3 nitrogen and oxygen atoms in total. The van der Waals surface area contributed by atoms with Gasteiger partial charge in [0.05, 0.1) is 10.0 Å². The van der Waals surface area contributed by atoms with Crippen molar-refractivity contribution < 1.29 is 14.6 Å². The monoisotopic (exact) mass is 384 g/mol. The molecule has 1 N–H and O–H groups in total. The predicted octanol–water partition coefficient (Wildman–Crippen LogP) is 4.49. The molecule has 0 heterocycles. The van der Waals surface area contributed by atoms with Crippen LogP contribution >= 0.6 is 31.9 Å². The first-order valence-electron chi connectivity index (χ1n) is 5.46. The Labute approximate surface area is 127 Å². The van der Waals surface area contributed by atoms with Crippen LogP contribution in [0.15, 0.2) is 51.4 Å².